The molecule has 2 aromatic carbocycles. The van der Waals surface area contributed by atoms with E-state index in [9.17, 15) is 15.2 Å². The average Bonchev–Trinajstić information content (AvgIpc) is 2.54. The number of halogens is 1. The molecule has 0 heterocycles. The van der Waals surface area contributed by atoms with E-state index in [4.69, 9.17) is 16.3 Å². The Kier molecular flexibility index (Phi) is 5.92. The number of hydrogen-bond donors (Lipinski definition) is 2. The number of non-ortho nitro benzene ring substituents is 1. The highest BCUT2D eigenvalue weighted by molar-refractivity contribution is 6.31. The molecule has 23 heavy (non-hydrogen) atoms. The Hall–Kier alpha value is -2.15. The van der Waals surface area contributed by atoms with Crippen molar-refractivity contribution in [1.29, 1.82) is 0 Å². The van der Waals surface area contributed by atoms with Gasteiger partial charge in [-0.15, -0.1) is 0 Å². The van der Waals surface area contributed by atoms with Crippen LogP contribution in [-0.4, -0.2) is 23.7 Å². The maximum atomic E-state index is 10.8. The summed E-state index contributed by atoms with van der Waals surface area (Å²) < 4.78 is 5.07. The van der Waals surface area contributed by atoms with Crippen molar-refractivity contribution < 1.29 is 14.8 Å². The molecule has 1 unspecified atom stereocenters. The summed E-state index contributed by atoms with van der Waals surface area (Å²) in [6.07, 6.45) is -0.797. The largest absolute Gasteiger partial charge is 0.387 e. The molecular formula is C16H17ClN2O4. The molecular weight excluding hydrogens is 320 g/mol. The maximum Gasteiger partial charge on any atom is 0.269 e. The van der Waals surface area contributed by atoms with E-state index in [0.717, 1.165) is 0 Å². The number of nitro benzene ring substituents is 1. The monoisotopic (exact) mass is 336 g/mol. The Bertz CT molecular complexity index is 694. The van der Waals surface area contributed by atoms with Crippen LogP contribution in [0.25, 0.3) is 0 Å². The first-order valence-electron chi connectivity index (χ1n) is 6.95. The van der Waals surface area contributed by atoms with Crippen molar-refractivity contribution in [3.63, 3.8) is 0 Å². The lowest BCUT2D eigenvalue weighted by atomic mass is 10.1. The van der Waals surface area contributed by atoms with E-state index in [-0.39, 0.29) is 18.8 Å². The van der Waals surface area contributed by atoms with Crippen LogP contribution < -0.4 is 5.32 Å². The number of benzene rings is 2. The Labute approximate surface area is 138 Å². The molecule has 2 N–H and O–H groups in total. The van der Waals surface area contributed by atoms with Crippen molar-refractivity contribution in [3.8, 4) is 0 Å². The average molecular weight is 337 g/mol. The number of hydrogen-bond acceptors (Lipinski definition) is 5. The summed E-state index contributed by atoms with van der Waals surface area (Å²) in [7, 11) is 1.52. The molecule has 0 amide bonds. The minimum Gasteiger partial charge on any atom is -0.387 e. The van der Waals surface area contributed by atoms with Gasteiger partial charge in [-0.2, -0.15) is 0 Å². The summed E-state index contributed by atoms with van der Waals surface area (Å²) in [4.78, 5) is 10.4. The van der Waals surface area contributed by atoms with Crippen LogP contribution in [-0.2, 0) is 11.3 Å². The third kappa shape index (κ3) is 4.41. The molecule has 6 nitrogen and oxygen atoms in total. The van der Waals surface area contributed by atoms with Crippen LogP contribution in [0.5, 0.6) is 0 Å². The molecule has 7 heteroatoms. The molecule has 1 atom stereocenters. The van der Waals surface area contributed by atoms with Crippen LogP contribution in [0.4, 0.5) is 11.4 Å². The molecule has 2 rings (SSSR count). The standard InChI is InChI=1S/C16H17ClN2O4/c1-23-10-11-8-12(19(21)22)6-7-15(11)18-9-16(20)13-4-2-3-5-14(13)17/h2-8,16,18,20H,9-10H2,1H3. The third-order valence-electron chi connectivity index (χ3n) is 3.35. The Morgan fingerprint density at radius 3 is 2.74 bits per heavy atom. The highest BCUT2D eigenvalue weighted by Crippen LogP contribution is 2.26. The second kappa shape index (κ2) is 7.92. The summed E-state index contributed by atoms with van der Waals surface area (Å²) in [5.74, 6) is 0. The van der Waals surface area contributed by atoms with Crippen molar-refractivity contribution in [3.05, 3.63) is 68.7 Å². The van der Waals surface area contributed by atoms with Crippen molar-refractivity contribution in [2.45, 2.75) is 12.7 Å². The molecule has 0 aliphatic heterocycles. The maximum absolute atomic E-state index is 10.8. The fraction of sp³-hybridized carbons (Fsp3) is 0.250. The Morgan fingerprint density at radius 2 is 2.09 bits per heavy atom. The van der Waals surface area contributed by atoms with Crippen molar-refractivity contribution >= 4 is 23.0 Å². The van der Waals surface area contributed by atoms with Gasteiger partial charge in [0.15, 0.2) is 0 Å². The van der Waals surface area contributed by atoms with Gasteiger partial charge in [0, 0.05) is 47.6 Å². The summed E-state index contributed by atoms with van der Waals surface area (Å²) in [5, 5.41) is 24.7. The summed E-state index contributed by atoms with van der Waals surface area (Å²) in [5.41, 5.74) is 1.93. The molecule has 2 aromatic rings. The molecule has 0 saturated carbocycles. The smallest absolute Gasteiger partial charge is 0.269 e. The second-order valence-corrected chi connectivity index (χ2v) is 5.36. The van der Waals surface area contributed by atoms with E-state index in [1.807, 2.05) is 0 Å². The van der Waals surface area contributed by atoms with E-state index in [1.54, 1.807) is 30.3 Å². The molecule has 0 bridgehead atoms. The van der Waals surface area contributed by atoms with Gasteiger partial charge in [0.25, 0.3) is 5.69 Å². The predicted molar refractivity (Wildman–Crippen MR) is 88.7 cm³/mol. The lowest BCUT2D eigenvalue weighted by molar-refractivity contribution is -0.384. The minimum absolute atomic E-state index is 0.00532. The Morgan fingerprint density at radius 1 is 1.35 bits per heavy atom. The zero-order valence-electron chi connectivity index (χ0n) is 12.5. The molecule has 0 radical (unpaired) electrons. The molecule has 0 aromatic heterocycles. The van der Waals surface area contributed by atoms with E-state index < -0.39 is 11.0 Å². The van der Waals surface area contributed by atoms with E-state index in [0.29, 0.717) is 21.8 Å². The van der Waals surface area contributed by atoms with Crippen molar-refractivity contribution in [2.75, 3.05) is 19.0 Å². The van der Waals surface area contributed by atoms with Gasteiger partial charge < -0.3 is 15.2 Å². The van der Waals surface area contributed by atoms with Gasteiger partial charge in [-0.1, -0.05) is 29.8 Å². The Balaban J connectivity index is 2.13. The van der Waals surface area contributed by atoms with E-state index in [2.05, 4.69) is 5.32 Å². The van der Waals surface area contributed by atoms with Gasteiger partial charge in [0.1, 0.15) is 0 Å². The lowest BCUT2D eigenvalue weighted by Gasteiger charge is -2.16. The second-order valence-electron chi connectivity index (χ2n) is 4.95. The normalized spacial score (nSPS) is 12.0. The van der Waals surface area contributed by atoms with Crippen LogP contribution >= 0.6 is 11.6 Å². The molecule has 0 spiro atoms. The number of aliphatic hydroxyl groups excluding tert-OH is 1. The van der Waals surface area contributed by atoms with Crippen molar-refractivity contribution in [1.82, 2.24) is 0 Å². The SMILES string of the molecule is COCc1cc([N+](=O)[O-])ccc1NCC(O)c1ccccc1Cl. The molecule has 0 aliphatic rings. The first-order valence-corrected chi connectivity index (χ1v) is 7.33. The number of nitrogens with one attached hydrogen (secondary N) is 1. The number of nitro groups is 1. The van der Waals surface area contributed by atoms with Gasteiger partial charge in [-0.25, -0.2) is 0 Å². The molecule has 0 aliphatic carbocycles. The summed E-state index contributed by atoms with van der Waals surface area (Å²) in [6, 6.07) is 11.5. The molecule has 0 fully saturated rings. The third-order valence-corrected chi connectivity index (χ3v) is 3.69. The first-order chi connectivity index (χ1) is 11.0. The quantitative estimate of drug-likeness (QED) is 0.596. The van der Waals surface area contributed by atoms with Gasteiger partial charge >= 0.3 is 0 Å². The highest BCUT2D eigenvalue weighted by Gasteiger charge is 2.14. The van der Waals surface area contributed by atoms with E-state index >= 15 is 0 Å². The molecule has 122 valence electrons. The zero-order valence-corrected chi connectivity index (χ0v) is 13.3. The summed E-state index contributed by atoms with van der Waals surface area (Å²) in [6.45, 7) is 0.449. The number of rotatable bonds is 7. The van der Waals surface area contributed by atoms with Crippen LogP contribution in [0, 0.1) is 10.1 Å². The number of nitrogens with zero attached hydrogens (tertiary/aromatic N) is 1. The van der Waals surface area contributed by atoms with Gasteiger partial charge in [-0.05, 0) is 12.1 Å². The van der Waals surface area contributed by atoms with Crippen molar-refractivity contribution in [2.24, 2.45) is 0 Å². The number of aliphatic hydroxyl groups is 1. The van der Waals surface area contributed by atoms with Crippen LogP contribution in [0.1, 0.15) is 17.2 Å². The number of methoxy groups -OCH3 is 1. The van der Waals surface area contributed by atoms with Gasteiger partial charge in [-0.3, -0.25) is 10.1 Å². The van der Waals surface area contributed by atoms with Gasteiger partial charge in [0.2, 0.25) is 0 Å². The van der Waals surface area contributed by atoms with Crippen LogP contribution in [0.15, 0.2) is 42.5 Å². The zero-order chi connectivity index (χ0) is 16.8. The number of ether oxygens (including phenoxy) is 1. The topological polar surface area (TPSA) is 84.6 Å². The van der Waals surface area contributed by atoms with Crippen LogP contribution in [0.3, 0.4) is 0 Å². The highest BCUT2D eigenvalue weighted by atomic mass is 35.5. The minimum atomic E-state index is -0.797. The molecule has 0 saturated heterocycles. The first kappa shape index (κ1) is 17.2. The van der Waals surface area contributed by atoms with Gasteiger partial charge in [0.05, 0.1) is 17.6 Å². The summed E-state index contributed by atoms with van der Waals surface area (Å²) >= 11 is 6.05. The fourth-order valence-corrected chi connectivity index (χ4v) is 2.46. The lowest BCUT2D eigenvalue weighted by Crippen LogP contribution is -2.14. The number of anilines is 1. The fourth-order valence-electron chi connectivity index (χ4n) is 2.20. The van der Waals surface area contributed by atoms with Crippen LogP contribution in [0.2, 0.25) is 5.02 Å². The van der Waals surface area contributed by atoms with E-state index in [1.165, 1.54) is 19.2 Å². The predicted octanol–water partition coefficient (Wildman–Crippen LogP) is 3.54.